The molecule has 19 heavy (non-hydrogen) atoms. The van der Waals surface area contributed by atoms with Gasteiger partial charge in [-0.2, -0.15) is 5.26 Å². The van der Waals surface area contributed by atoms with Crippen LogP contribution in [0.4, 0.5) is 10.1 Å². The van der Waals surface area contributed by atoms with Gasteiger partial charge in [-0.25, -0.2) is 4.39 Å². The van der Waals surface area contributed by atoms with Gasteiger partial charge in [0.25, 0.3) is 0 Å². The first-order valence-corrected chi connectivity index (χ1v) is 6.24. The predicted octanol–water partition coefficient (Wildman–Crippen LogP) is 4.62. The van der Waals surface area contributed by atoms with E-state index in [0.717, 1.165) is 5.56 Å². The molecule has 0 radical (unpaired) electrons. The highest BCUT2D eigenvalue weighted by Crippen LogP contribution is 2.23. The molecule has 96 valence electrons. The van der Waals surface area contributed by atoms with Crippen molar-refractivity contribution in [3.63, 3.8) is 0 Å². The van der Waals surface area contributed by atoms with Crippen LogP contribution in [0.3, 0.4) is 0 Å². The second-order valence-corrected chi connectivity index (χ2v) is 4.71. The lowest BCUT2D eigenvalue weighted by molar-refractivity contribution is 0.624. The van der Waals surface area contributed by atoms with Crippen LogP contribution in [0.5, 0.6) is 0 Å². The normalized spacial score (nSPS) is 10.0. The largest absolute Gasteiger partial charge is 0.380 e. The van der Waals surface area contributed by atoms with E-state index in [9.17, 15) is 4.39 Å². The van der Waals surface area contributed by atoms with Gasteiger partial charge in [-0.3, -0.25) is 0 Å². The zero-order valence-corrected chi connectivity index (χ0v) is 11.3. The third-order valence-electron chi connectivity index (χ3n) is 2.60. The molecule has 0 spiro atoms. The molecular formula is C14H9Cl2FN2. The molecule has 0 unspecified atom stereocenters. The molecule has 5 heteroatoms. The molecule has 0 aliphatic heterocycles. The number of rotatable bonds is 3. The van der Waals surface area contributed by atoms with Crippen molar-refractivity contribution in [2.45, 2.75) is 6.54 Å². The van der Waals surface area contributed by atoms with E-state index >= 15 is 0 Å². The number of hydrogen-bond acceptors (Lipinski definition) is 2. The lowest BCUT2D eigenvalue weighted by Crippen LogP contribution is -2.03. The summed E-state index contributed by atoms with van der Waals surface area (Å²) in [5, 5.41) is 13.0. The van der Waals surface area contributed by atoms with Crippen molar-refractivity contribution in [3.8, 4) is 6.07 Å². The number of hydrogen-bond donors (Lipinski definition) is 1. The standard InChI is InChI=1S/C14H9Cl2FN2/c15-10-4-5-12(16)9(6-10)8-19-14-3-1-2-13(17)11(14)7-18/h1-6,19H,8H2. The molecule has 0 fully saturated rings. The van der Waals surface area contributed by atoms with E-state index in [1.807, 2.05) is 6.07 Å². The van der Waals surface area contributed by atoms with Crippen molar-refractivity contribution in [2.24, 2.45) is 0 Å². The average molecular weight is 295 g/mol. The maximum Gasteiger partial charge on any atom is 0.143 e. The minimum Gasteiger partial charge on any atom is -0.380 e. The van der Waals surface area contributed by atoms with Gasteiger partial charge in [0.1, 0.15) is 17.4 Å². The first kappa shape index (κ1) is 13.7. The van der Waals surface area contributed by atoms with Crippen molar-refractivity contribution in [1.29, 1.82) is 5.26 Å². The van der Waals surface area contributed by atoms with E-state index in [2.05, 4.69) is 5.32 Å². The van der Waals surface area contributed by atoms with E-state index < -0.39 is 5.82 Å². The Bertz CT molecular complexity index is 650. The van der Waals surface area contributed by atoms with Crippen molar-refractivity contribution in [1.82, 2.24) is 0 Å². The highest BCUT2D eigenvalue weighted by molar-refractivity contribution is 6.33. The fourth-order valence-corrected chi connectivity index (χ4v) is 2.03. The zero-order valence-electron chi connectivity index (χ0n) is 9.75. The maximum absolute atomic E-state index is 13.4. The number of halogens is 3. The molecule has 1 N–H and O–H groups in total. The van der Waals surface area contributed by atoms with Gasteiger partial charge in [-0.15, -0.1) is 0 Å². The molecule has 0 aliphatic rings. The molecule has 2 rings (SSSR count). The third kappa shape index (κ3) is 3.17. The topological polar surface area (TPSA) is 35.8 Å². The molecule has 0 amide bonds. The first-order valence-electron chi connectivity index (χ1n) is 5.48. The van der Waals surface area contributed by atoms with E-state index in [1.54, 1.807) is 24.3 Å². The lowest BCUT2D eigenvalue weighted by Gasteiger charge is -2.10. The van der Waals surface area contributed by atoms with E-state index in [0.29, 0.717) is 22.3 Å². The smallest absolute Gasteiger partial charge is 0.143 e. The monoisotopic (exact) mass is 294 g/mol. The summed E-state index contributed by atoms with van der Waals surface area (Å²) in [6, 6.07) is 11.4. The SMILES string of the molecule is N#Cc1c(F)cccc1NCc1cc(Cl)ccc1Cl. The van der Waals surface area contributed by atoms with Crippen LogP contribution >= 0.6 is 23.2 Å². The fraction of sp³-hybridized carbons (Fsp3) is 0.0714. The number of benzene rings is 2. The van der Waals surface area contributed by atoms with Gasteiger partial charge in [0.05, 0.1) is 5.69 Å². The lowest BCUT2D eigenvalue weighted by atomic mass is 10.1. The molecule has 0 aliphatic carbocycles. The van der Waals surface area contributed by atoms with Gasteiger partial charge >= 0.3 is 0 Å². The van der Waals surface area contributed by atoms with Gasteiger partial charge in [0.15, 0.2) is 0 Å². The van der Waals surface area contributed by atoms with Crippen molar-refractivity contribution in [3.05, 3.63) is 63.4 Å². The van der Waals surface area contributed by atoms with Crippen LogP contribution < -0.4 is 5.32 Å². The molecule has 0 atom stereocenters. The Hall–Kier alpha value is -1.76. The summed E-state index contributed by atoms with van der Waals surface area (Å²) >= 11 is 11.9. The number of nitrogens with one attached hydrogen (secondary N) is 1. The second kappa shape index (κ2) is 5.92. The summed E-state index contributed by atoms with van der Waals surface area (Å²) in [5.74, 6) is -0.551. The highest BCUT2D eigenvalue weighted by Gasteiger charge is 2.08. The number of nitriles is 1. The Labute approximate surface area is 120 Å². The van der Waals surface area contributed by atoms with Crippen LogP contribution in [0.2, 0.25) is 10.0 Å². The molecule has 0 heterocycles. The van der Waals surface area contributed by atoms with Gasteiger partial charge < -0.3 is 5.32 Å². The van der Waals surface area contributed by atoms with Gasteiger partial charge in [-0.05, 0) is 35.9 Å². The second-order valence-electron chi connectivity index (χ2n) is 3.86. The van der Waals surface area contributed by atoms with E-state index in [4.69, 9.17) is 28.5 Å². The molecule has 0 saturated heterocycles. The molecule has 0 bridgehead atoms. The van der Waals surface area contributed by atoms with E-state index in [1.165, 1.54) is 12.1 Å². The zero-order chi connectivity index (χ0) is 13.8. The Morgan fingerprint density at radius 1 is 1.21 bits per heavy atom. The molecule has 2 aromatic carbocycles. The summed E-state index contributed by atoms with van der Waals surface area (Å²) in [6.45, 7) is 0.359. The predicted molar refractivity (Wildman–Crippen MR) is 74.9 cm³/mol. The van der Waals surface area contributed by atoms with Crippen LogP contribution in [0.25, 0.3) is 0 Å². The van der Waals surface area contributed by atoms with Crippen LogP contribution in [-0.2, 0) is 6.54 Å². The number of nitrogens with zero attached hydrogens (tertiary/aromatic N) is 1. The Morgan fingerprint density at radius 3 is 2.74 bits per heavy atom. The van der Waals surface area contributed by atoms with Crippen LogP contribution in [0, 0.1) is 17.1 Å². The maximum atomic E-state index is 13.4. The first-order chi connectivity index (χ1) is 9.11. The van der Waals surface area contributed by atoms with Gasteiger partial charge in [-0.1, -0.05) is 29.3 Å². The average Bonchev–Trinajstić information content (AvgIpc) is 2.40. The fourth-order valence-electron chi connectivity index (χ4n) is 1.65. The van der Waals surface area contributed by atoms with Crippen LogP contribution in [0.1, 0.15) is 11.1 Å². The Balaban J connectivity index is 2.22. The summed E-state index contributed by atoms with van der Waals surface area (Å²) in [4.78, 5) is 0. The van der Waals surface area contributed by atoms with Crippen molar-refractivity contribution >= 4 is 28.9 Å². The van der Waals surface area contributed by atoms with Gasteiger partial charge in [0.2, 0.25) is 0 Å². The molecule has 0 aromatic heterocycles. The van der Waals surface area contributed by atoms with Gasteiger partial charge in [0, 0.05) is 16.6 Å². The minimum absolute atomic E-state index is 0.0133. The minimum atomic E-state index is -0.551. The third-order valence-corrected chi connectivity index (χ3v) is 3.21. The van der Waals surface area contributed by atoms with Crippen molar-refractivity contribution in [2.75, 3.05) is 5.32 Å². The molecule has 2 nitrogen and oxygen atoms in total. The molecular weight excluding hydrogens is 286 g/mol. The Kier molecular flexibility index (Phi) is 4.26. The van der Waals surface area contributed by atoms with Crippen molar-refractivity contribution < 1.29 is 4.39 Å². The Morgan fingerprint density at radius 2 is 2.00 bits per heavy atom. The summed E-state index contributed by atoms with van der Waals surface area (Å²) in [6.07, 6.45) is 0. The summed E-state index contributed by atoms with van der Waals surface area (Å²) in [5.41, 5.74) is 1.20. The van der Waals surface area contributed by atoms with Crippen LogP contribution in [0.15, 0.2) is 36.4 Å². The summed E-state index contributed by atoms with van der Waals surface area (Å²) in [7, 11) is 0. The summed E-state index contributed by atoms with van der Waals surface area (Å²) < 4.78 is 13.4. The van der Waals surface area contributed by atoms with E-state index in [-0.39, 0.29) is 5.56 Å². The quantitative estimate of drug-likeness (QED) is 0.897. The molecule has 0 saturated carbocycles. The molecule has 2 aromatic rings. The number of anilines is 1. The highest BCUT2D eigenvalue weighted by atomic mass is 35.5. The van der Waals surface area contributed by atoms with Crippen LogP contribution in [-0.4, -0.2) is 0 Å².